The number of hydrogen-bond acceptors (Lipinski definition) is 2. The van der Waals surface area contributed by atoms with Gasteiger partial charge in [-0.1, -0.05) is 56.3 Å². The maximum absolute atomic E-state index is 11.9. The lowest BCUT2D eigenvalue weighted by atomic mass is 10.0. The van der Waals surface area contributed by atoms with Crippen LogP contribution < -0.4 is 0 Å². The quantitative estimate of drug-likeness (QED) is 0.803. The van der Waals surface area contributed by atoms with Crippen molar-refractivity contribution in [2.75, 3.05) is 5.75 Å². The van der Waals surface area contributed by atoms with E-state index in [1.54, 1.807) is 11.8 Å². The second kappa shape index (κ2) is 6.05. The molecule has 0 spiro atoms. The molecular weight excluding hydrogens is 240 g/mol. The predicted octanol–water partition coefficient (Wildman–Crippen LogP) is 4.09. The van der Waals surface area contributed by atoms with E-state index >= 15 is 0 Å². The largest absolute Gasteiger partial charge is 0.298 e. The third-order valence-electron chi connectivity index (χ3n) is 2.85. The molecule has 2 aromatic rings. The first-order chi connectivity index (χ1) is 8.66. The summed E-state index contributed by atoms with van der Waals surface area (Å²) < 4.78 is 0. The molecule has 0 heterocycles. The number of Topliss-reactive ketones (excluding diaryl/α,β-unsaturated/α-hetero) is 1. The van der Waals surface area contributed by atoms with Crippen LogP contribution in [-0.2, 0) is 11.2 Å². The molecule has 0 bridgehead atoms. The first-order valence-electron chi connectivity index (χ1n) is 6.27. The van der Waals surface area contributed by atoms with Crippen molar-refractivity contribution in [1.82, 2.24) is 0 Å². The Hall–Kier alpha value is -1.28. The Balaban J connectivity index is 2.14. The van der Waals surface area contributed by atoms with Crippen molar-refractivity contribution in [3.8, 4) is 0 Å². The van der Waals surface area contributed by atoms with Gasteiger partial charge >= 0.3 is 0 Å². The monoisotopic (exact) mass is 258 g/mol. The Morgan fingerprint density at radius 1 is 1.11 bits per heavy atom. The van der Waals surface area contributed by atoms with Gasteiger partial charge in [0, 0.05) is 6.42 Å². The van der Waals surface area contributed by atoms with Gasteiger partial charge in [-0.3, -0.25) is 4.79 Å². The Bertz CT molecular complexity index is 540. The highest BCUT2D eigenvalue weighted by Crippen LogP contribution is 2.20. The van der Waals surface area contributed by atoms with Crippen LogP contribution in [0.4, 0.5) is 0 Å². The molecule has 1 nitrogen and oxygen atoms in total. The summed E-state index contributed by atoms with van der Waals surface area (Å²) in [5.41, 5.74) is 1.14. The van der Waals surface area contributed by atoms with Crippen molar-refractivity contribution in [3.63, 3.8) is 0 Å². The van der Waals surface area contributed by atoms with Crippen LogP contribution in [0.15, 0.2) is 42.5 Å². The second-order valence-corrected chi connectivity index (χ2v) is 6.28. The predicted molar refractivity (Wildman–Crippen MR) is 80.3 cm³/mol. The van der Waals surface area contributed by atoms with Crippen molar-refractivity contribution >= 4 is 28.3 Å². The Morgan fingerprint density at radius 3 is 2.61 bits per heavy atom. The fourth-order valence-electron chi connectivity index (χ4n) is 1.97. The topological polar surface area (TPSA) is 17.1 Å². The first kappa shape index (κ1) is 13.2. The lowest BCUT2D eigenvalue weighted by Crippen LogP contribution is -2.08. The molecule has 0 aliphatic carbocycles. The Labute approximate surface area is 113 Å². The normalized spacial score (nSPS) is 11.1. The highest BCUT2D eigenvalue weighted by Gasteiger charge is 2.07. The fourth-order valence-corrected chi connectivity index (χ4v) is 2.59. The molecular formula is C16H18OS. The van der Waals surface area contributed by atoms with E-state index in [0.717, 1.165) is 5.56 Å². The SMILES string of the molecule is CC(C)SCC(=O)Cc1cccc2ccccc12. The van der Waals surface area contributed by atoms with E-state index < -0.39 is 0 Å². The molecule has 2 heteroatoms. The molecule has 0 fully saturated rings. The lowest BCUT2D eigenvalue weighted by molar-refractivity contribution is -0.115. The summed E-state index contributed by atoms with van der Waals surface area (Å²) in [4.78, 5) is 11.9. The number of carbonyl (C=O) groups is 1. The minimum absolute atomic E-state index is 0.310. The number of thioether (sulfide) groups is 1. The summed E-state index contributed by atoms with van der Waals surface area (Å²) in [5.74, 6) is 0.922. The van der Waals surface area contributed by atoms with Gasteiger partial charge in [0.2, 0.25) is 0 Å². The number of ketones is 1. The molecule has 0 atom stereocenters. The molecule has 0 aliphatic heterocycles. The summed E-state index contributed by atoms with van der Waals surface area (Å²) in [6, 6.07) is 14.4. The zero-order valence-corrected chi connectivity index (χ0v) is 11.7. The molecule has 0 saturated carbocycles. The van der Waals surface area contributed by atoms with Crippen LogP contribution in [0.1, 0.15) is 19.4 Å². The highest BCUT2D eigenvalue weighted by molar-refractivity contribution is 8.00. The summed E-state index contributed by atoms with van der Waals surface area (Å²) >= 11 is 1.71. The van der Waals surface area contributed by atoms with Gasteiger partial charge in [-0.15, -0.1) is 0 Å². The smallest absolute Gasteiger partial charge is 0.147 e. The van der Waals surface area contributed by atoms with Crippen LogP contribution in [0.2, 0.25) is 0 Å². The maximum atomic E-state index is 11.9. The second-order valence-electron chi connectivity index (χ2n) is 4.71. The number of fused-ring (bicyclic) bond motifs is 1. The average molecular weight is 258 g/mol. The molecule has 0 N–H and O–H groups in total. The van der Waals surface area contributed by atoms with Crippen LogP contribution in [0.3, 0.4) is 0 Å². The summed E-state index contributed by atoms with van der Waals surface area (Å²) in [5, 5.41) is 2.92. The van der Waals surface area contributed by atoms with E-state index in [4.69, 9.17) is 0 Å². The molecule has 0 aliphatic rings. The number of hydrogen-bond donors (Lipinski definition) is 0. The van der Waals surface area contributed by atoms with Gasteiger partial charge in [0.05, 0.1) is 5.75 Å². The minimum Gasteiger partial charge on any atom is -0.298 e. The highest BCUT2D eigenvalue weighted by atomic mass is 32.2. The van der Waals surface area contributed by atoms with Crippen molar-refractivity contribution < 1.29 is 4.79 Å². The van der Waals surface area contributed by atoms with Crippen LogP contribution >= 0.6 is 11.8 Å². The van der Waals surface area contributed by atoms with Gasteiger partial charge in [0.25, 0.3) is 0 Å². The van der Waals surface area contributed by atoms with Crippen molar-refractivity contribution in [3.05, 3.63) is 48.0 Å². The minimum atomic E-state index is 0.310. The van der Waals surface area contributed by atoms with Gasteiger partial charge in [0.1, 0.15) is 5.78 Å². The number of rotatable bonds is 5. The number of benzene rings is 2. The average Bonchev–Trinajstić information content (AvgIpc) is 2.37. The van der Waals surface area contributed by atoms with Crippen molar-refractivity contribution in [2.24, 2.45) is 0 Å². The van der Waals surface area contributed by atoms with Gasteiger partial charge in [0.15, 0.2) is 0 Å². The summed E-state index contributed by atoms with van der Waals surface area (Å²) in [7, 11) is 0. The van der Waals surface area contributed by atoms with E-state index in [1.165, 1.54) is 10.8 Å². The van der Waals surface area contributed by atoms with E-state index in [1.807, 2.05) is 18.2 Å². The van der Waals surface area contributed by atoms with Crippen LogP contribution in [0, 0.1) is 0 Å². The molecule has 0 saturated heterocycles. The van der Waals surface area contributed by atoms with Crippen LogP contribution in [0.25, 0.3) is 10.8 Å². The van der Waals surface area contributed by atoms with E-state index in [0.29, 0.717) is 23.2 Å². The maximum Gasteiger partial charge on any atom is 0.147 e. The van der Waals surface area contributed by atoms with Gasteiger partial charge in [-0.05, 0) is 21.6 Å². The van der Waals surface area contributed by atoms with Crippen LogP contribution in [-0.4, -0.2) is 16.8 Å². The molecule has 2 aromatic carbocycles. The molecule has 0 unspecified atom stereocenters. The molecule has 0 amide bonds. The van der Waals surface area contributed by atoms with Crippen molar-refractivity contribution in [1.29, 1.82) is 0 Å². The van der Waals surface area contributed by atoms with Crippen LogP contribution in [0.5, 0.6) is 0 Å². The zero-order chi connectivity index (χ0) is 13.0. The van der Waals surface area contributed by atoms with E-state index in [-0.39, 0.29) is 0 Å². The zero-order valence-electron chi connectivity index (χ0n) is 10.8. The van der Waals surface area contributed by atoms with Gasteiger partial charge in [-0.25, -0.2) is 0 Å². The third-order valence-corrected chi connectivity index (χ3v) is 4.00. The summed E-state index contributed by atoms with van der Waals surface area (Å²) in [6.45, 7) is 4.24. The molecule has 94 valence electrons. The van der Waals surface area contributed by atoms with Gasteiger partial charge in [-0.2, -0.15) is 11.8 Å². The fraction of sp³-hybridized carbons (Fsp3) is 0.312. The van der Waals surface area contributed by atoms with Gasteiger partial charge < -0.3 is 0 Å². The van der Waals surface area contributed by atoms with E-state index in [9.17, 15) is 4.79 Å². The Morgan fingerprint density at radius 2 is 1.83 bits per heavy atom. The Kier molecular flexibility index (Phi) is 4.43. The molecule has 2 rings (SSSR count). The first-order valence-corrected chi connectivity index (χ1v) is 7.31. The lowest BCUT2D eigenvalue weighted by Gasteiger charge is -2.07. The van der Waals surface area contributed by atoms with Crippen molar-refractivity contribution in [2.45, 2.75) is 25.5 Å². The third kappa shape index (κ3) is 3.36. The standard InChI is InChI=1S/C16H18OS/c1-12(2)18-11-15(17)10-14-8-5-7-13-6-3-4-9-16(13)14/h3-9,12H,10-11H2,1-2H3. The number of carbonyl (C=O) groups excluding carboxylic acids is 1. The summed E-state index contributed by atoms with van der Waals surface area (Å²) in [6.07, 6.45) is 0.543. The van der Waals surface area contributed by atoms with E-state index in [2.05, 4.69) is 38.1 Å². The molecule has 18 heavy (non-hydrogen) atoms. The molecule has 0 aromatic heterocycles. The molecule has 0 radical (unpaired) electrons.